The van der Waals surface area contributed by atoms with E-state index < -0.39 is 15.8 Å². The molecule has 2 aromatic carbocycles. The van der Waals surface area contributed by atoms with Crippen molar-refractivity contribution in [3.8, 4) is 0 Å². The van der Waals surface area contributed by atoms with Gasteiger partial charge >= 0.3 is 0 Å². The quantitative estimate of drug-likeness (QED) is 0.448. The van der Waals surface area contributed by atoms with Gasteiger partial charge in [-0.1, -0.05) is 30.3 Å². The topological polar surface area (TPSA) is 72.3 Å². The van der Waals surface area contributed by atoms with Crippen molar-refractivity contribution in [1.29, 1.82) is 0 Å². The molecular formula is C23H20FN3O3S2. The van der Waals surface area contributed by atoms with Gasteiger partial charge in [-0.05, 0) is 48.2 Å². The summed E-state index contributed by atoms with van der Waals surface area (Å²) < 4.78 is 42.2. The average Bonchev–Trinajstić information content (AvgIpc) is 3.18. The Morgan fingerprint density at radius 1 is 1.06 bits per heavy atom. The maximum Gasteiger partial charge on any atom is 0.262 e. The lowest BCUT2D eigenvalue weighted by molar-refractivity contribution is 0.396. The van der Waals surface area contributed by atoms with Crippen molar-refractivity contribution in [3.05, 3.63) is 93.1 Å². The molecule has 0 saturated carbocycles. The molecule has 32 heavy (non-hydrogen) atoms. The summed E-state index contributed by atoms with van der Waals surface area (Å²) in [7, 11) is -3.75. The standard InChI is InChI=1S/C23H20FN3O3S2/c24-17-6-8-18(9-7-17)32(29,30)27-13-11-19-20(14-27)31-22-21(19)23(28)26(15-25-22)12-10-16-4-2-1-3-5-16/h1-9,15H,10-14H2. The van der Waals surface area contributed by atoms with Crippen molar-refractivity contribution in [2.45, 2.75) is 30.8 Å². The van der Waals surface area contributed by atoms with Gasteiger partial charge in [0.15, 0.2) is 0 Å². The van der Waals surface area contributed by atoms with Crippen molar-refractivity contribution in [2.75, 3.05) is 6.54 Å². The Balaban J connectivity index is 1.44. The smallest absolute Gasteiger partial charge is 0.262 e. The van der Waals surface area contributed by atoms with Crippen molar-refractivity contribution in [2.24, 2.45) is 0 Å². The number of sulfonamides is 1. The molecule has 9 heteroatoms. The van der Waals surface area contributed by atoms with Crippen LogP contribution in [0.25, 0.3) is 10.2 Å². The normalized spacial score (nSPS) is 14.5. The zero-order valence-electron chi connectivity index (χ0n) is 17.1. The lowest BCUT2D eigenvalue weighted by atomic mass is 10.1. The average molecular weight is 470 g/mol. The maximum atomic E-state index is 13.2. The van der Waals surface area contributed by atoms with Crippen molar-refractivity contribution >= 4 is 31.6 Å². The fourth-order valence-electron chi connectivity index (χ4n) is 4.01. The molecule has 0 amide bonds. The summed E-state index contributed by atoms with van der Waals surface area (Å²) in [4.78, 5) is 19.2. The van der Waals surface area contributed by atoms with Crippen LogP contribution in [0.15, 0.2) is 70.6 Å². The van der Waals surface area contributed by atoms with Gasteiger partial charge in [-0.15, -0.1) is 11.3 Å². The van der Waals surface area contributed by atoms with E-state index in [0.29, 0.717) is 23.2 Å². The number of fused-ring (bicyclic) bond motifs is 3. The summed E-state index contributed by atoms with van der Waals surface area (Å²) in [6, 6.07) is 14.8. The van der Waals surface area contributed by atoms with Gasteiger partial charge < -0.3 is 0 Å². The van der Waals surface area contributed by atoms with Crippen LogP contribution < -0.4 is 5.56 Å². The Hall–Kier alpha value is -2.88. The molecular weight excluding hydrogens is 449 g/mol. The van der Waals surface area contributed by atoms with Gasteiger partial charge in [-0.3, -0.25) is 9.36 Å². The van der Waals surface area contributed by atoms with Crippen LogP contribution in [0.5, 0.6) is 0 Å². The van der Waals surface area contributed by atoms with Gasteiger partial charge in [0.25, 0.3) is 5.56 Å². The fourth-order valence-corrected chi connectivity index (χ4v) is 6.69. The van der Waals surface area contributed by atoms with Crippen LogP contribution in [0.3, 0.4) is 0 Å². The van der Waals surface area contributed by atoms with Gasteiger partial charge in [0.2, 0.25) is 10.0 Å². The Morgan fingerprint density at radius 3 is 2.56 bits per heavy atom. The molecule has 5 rings (SSSR count). The second-order valence-corrected chi connectivity index (χ2v) is 10.7. The number of rotatable bonds is 5. The number of benzene rings is 2. The maximum absolute atomic E-state index is 13.2. The van der Waals surface area contributed by atoms with E-state index in [1.54, 1.807) is 10.9 Å². The Morgan fingerprint density at radius 2 is 1.81 bits per heavy atom. The number of hydrogen-bond acceptors (Lipinski definition) is 5. The molecule has 0 saturated heterocycles. The third-order valence-electron chi connectivity index (χ3n) is 5.73. The predicted molar refractivity (Wildman–Crippen MR) is 122 cm³/mol. The van der Waals surface area contributed by atoms with Crippen molar-refractivity contribution in [1.82, 2.24) is 13.9 Å². The van der Waals surface area contributed by atoms with Gasteiger partial charge in [0.05, 0.1) is 16.6 Å². The summed E-state index contributed by atoms with van der Waals surface area (Å²) >= 11 is 1.36. The van der Waals surface area contributed by atoms with E-state index in [-0.39, 0.29) is 23.5 Å². The van der Waals surface area contributed by atoms with Crippen LogP contribution in [-0.4, -0.2) is 28.8 Å². The molecule has 3 heterocycles. The first kappa shape index (κ1) is 21.0. The van der Waals surface area contributed by atoms with Gasteiger partial charge in [0.1, 0.15) is 10.6 Å². The van der Waals surface area contributed by atoms with Crippen LogP contribution in [0.4, 0.5) is 4.39 Å². The van der Waals surface area contributed by atoms with Crippen molar-refractivity contribution < 1.29 is 12.8 Å². The first-order valence-corrected chi connectivity index (χ1v) is 12.5. The van der Waals surface area contributed by atoms with Gasteiger partial charge in [0, 0.05) is 24.5 Å². The first-order chi connectivity index (χ1) is 15.4. The minimum absolute atomic E-state index is 0.0600. The van der Waals surface area contributed by atoms with Crippen molar-refractivity contribution in [3.63, 3.8) is 0 Å². The summed E-state index contributed by atoms with van der Waals surface area (Å²) in [5, 5.41) is 0.597. The van der Waals surface area contributed by atoms with E-state index in [4.69, 9.17) is 0 Å². The fraction of sp³-hybridized carbons (Fsp3) is 0.217. The van der Waals surface area contributed by atoms with Crippen LogP contribution in [0.1, 0.15) is 16.0 Å². The monoisotopic (exact) mass is 469 g/mol. The van der Waals surface area contributed by atoms with Crippen LogP contribution in [-0.2, 0) is 36.0 Å². The molecule has 0 aliphatic carbocycles. The number of aromatic nitrogens is 2. The largest absolute Gasteiger partial charge is 0.298 e. The molecule has 0 N–H and O–H groups in total. The Kier molecular flexibility index (Phi) is 5.40. The highest BCUT2D eigenvalue weighted by atomic mass is 32.2. The van der Waals surface area contributed by atoms with E-state index in [1.807, 2.05) is 30.3 Å². The van der Waals surface area contributed by atoms with E-state index in [1.165, 1.54) is 27.8 Å². The molecule has 0 spiro atoms. The molecule has 0 fully saturated rings. The number of thiophene rings is 1. The van der Waals surface area contributed by atoms with E-state index in [0.717, 1.165) is 34.6 Å². The summed E-state index contributed by atoms with van der Waals surface area (Å²) in [5.74, 6) is -0.482. The molecule has 1 aliphatic rings. The van der Waals surface area contributed by atoms with Crippen LogP contribution in [0.2, 0.25) is 0 Å². The molecule has 2 aromatic heterocycles. The Bertz CT molecular complexity index is 1450. The summed E-state index contributed by atoms with van der Waals surface area (Å²) in [6.45, 7) is 0.970. The molecule has 0 bridgehead atoms. The van der Waals surface area contributed by atoms with E-state index in [9.17, 15) is 17.6 Å². The number of hydrogen-bond donors (Lipinski definition) is 0. The predicted octanol–water partition coefficient (Wildman–Crippen LogP) is 3.59. The highest BCUT2D eigenvalue weighted by Crippen LogP contribution is 2.34. The first-order valence-electron chi connectivity index (χ1n) is 10.2. The highest BCUT2D eigenvalue weighted by Gasteiger charge is 2.31. The minimum atomic E-state index is -3.75. The zero-order valence-corrected chi connectivity index (χ0v) is 18.7. The molecule has 0 atom stereocenters. The second-order valence-electron chi connectivity index (χ2n) is 7.71. The van der Waals surface area contributed by atoms with E-state index >= 15 is 0 Å². The highest BCUT2D eigenvalue weighted by molar-refractivity contribution is 7.89. The third kappa shape index (κ3) is 3.76. The second kappa shape index (κ2) is 8.23. The lowest BCUT2D eigenvalue weighted by Crippen LogP contribution is -2.35. The van der Waals surface area contributed by atoms with Crippen LogP contribution >= 0.6 is 11.3 Å². The Labute approximate surface area is 188 Å². The lowest BCUT2D eigenvalue weighted by Gasteiger charge is -2.26. The molecule has 0 radical (unpaired) electrons. The molecule has 0 unspecified atom stereocenters. The minimum Gasteiger partial charge on any atom is -0.298 e. The molecule has 6 nitrogen and oxygen atoms in total. The van der Waals surface area contributed by atoms with Crippen LogP contribution in [0, 0.1) is 5.82 Å². The number of nitrogens with zero attached hydrogens (tertiary/aromatic N) is 3. The number of halogens is 1. The van der Waals surface area contributed by atoms with Gasteiger partial charge in [-0.25, -0.2) is 17.8 Å². The summed E-state index contributed by atoms with van der Waals surface area (Å²) in [6.07, 6.45) is 2.74. The zero-order chi connectivity index (χ0) is 22.3. The summed E-state index contributed by atoms with van der Waals surface area (Å²) in [5.41, 5.74) is 1.95. The SMILES string of the molecule is O=c1c2c3c(sc2ncn1CCc1ccccc1)CN(S(=O)(=O)c1ccc(F)cc1)CC3. The van der Waals surface area contributed by atoms with Gasteiger partial charge in [-0.2, -0.15) is 4.31 Å². The molecule has 1 aliphatic heterocycles. The molecule has 4 aromatic rings. The number of aryl methyl sites for hydroxylation is 2. The molecule has 164 valence electrons. The van der Waals surface area contributed by atoms with E-state index in [2.05, 4.69) is 4.98 Å². The third-order valence-corrected chi connectivity index (χ3v) is 8.71.